The molecular formula is C38H45N9O2. The molecule has 0 aliphatic carbocycles. The standard InChI is InChI=1S/C38H45N9O2/c1-24(2)33-23-41-47-36(33)43-38(49-30-20-28-13-14-29(21-30)46(28)5)44-37(47)40-22-26-9-6-7-10-31(26)35-32-15-12-27(19-25(32)16-17-39-35)42-34(48)11-8-18-45(3)4/h6-12,15-17,19,23-24,28-30H,13-14,18,20-22H2,1-5H3,(H,42,48)(H,40,43,44)/b11-8+. The van der Waals surface area contributed by atoms with E-state index in [9.17, 15) is 4.79 Å². The van der Waals surface area contributed by atoms with Crippen LogP contribution < -0.4 is 15.4 Å². The Balaban J connectivity index is 1.14. The Morgan fingerprint density at radius 1 is 1.08 bits per heavy atom. The lowest BCUT2D eigenvalue weighted by atomic mass is 9.99. The number of rotatable bonds is 11. The molecule has 1 amide bonds. The van der Waals surface area contributed by atoms with Crippen molar-refractivity contribution in [3.63, 3.8) is 0 Å². The summed E-state index contributed by atoms with van der Waals surface area (Å²) in [5, 5.41) is 13.2. The normalized spacial score (nSPS) is 19.4. The number of piperidine rings is 1. The lowest BCUT2D eigenvalue weighted by Crippen LogP contribution is -2.44. The minimum atomic E-state index is -0.157. The number of anilines is 2. The van der Waals surface area contributed by atoms with E-state index < -0.39 is 0 Å². The van der Waals surface area contributed by atoms with Crippen molar-refractivity contribution in [3.05, 3.63) is 84.2 Å². The van der Waals surface area contributed by atoms with E-state index in [1.54, 1.807) is 10.6 Å². The quantitative estimate of drug-likeness (QED) is 0.162. The number of hydrogen-bond donors (Lipinski definition) is 2. The third kappa shape index (κ3) is 7.00. The SMILES string of the molecule is CC(C)c1cnn2c(NCc3ccccc3-c3nccc4cc(NC(=O)/C=C/CN(C)C)ccc34)nc(OC3CC4CCC(C3)N4C)nc12. The number of carbonyl (C=O) groups is 1. The van der Waals surface area contributed by atoms with Gasteiger partial charge in [0.05, 0.1) is 11.9 Å². The molecule has 2 unspecified atom stereocenters. The summed E-state index contributed by atoms with van der Waals surface area (Å²) in [6.07, 6.45) is 11.6. The molecule has 2 fully saturated rings. The fourth-order valence-corrected chi connectivity index (χ4v) is 7.16. The first-order valence-electron chi connectivity index (χ1n) is 17.2. The van der Waals surface area contributed by atoms with Crippen LogP contribution in [0, 0.1) is 0 Å². The molecule has 2 N–H and O–H groups in total. The zero-order chi connectivity index (χ0) is 34.1. The molecule has 7 rings (SSSR count). The summed E-state index contributed by atoms with van der Waals surface area (Å²) in [6.45, 7) is 5.48. The minimum Gasteiger partial charge on any atom is -0.460 e. The van der Waals surface area contributed by atoms with Gasteiger partial charge in [-0.05, 0) is 69.1 Å². The lowest BCUT2D eigenvalue weighted by Gasteiger charge is -2.35. The van der Waals surface area contributed by atoms with Crippen LogP contribution in [0.2, 0.25) is 0 Å². The van der Waals surface area contributed by atoms with E-state index in [1.807, 2.05) is 73.9 Å². The van der Waals surface area contributed by atoms with E-state index in [4.69, 9.17) is 19.7 Å². The molecule has 11 heteroatoms. The van der Waals surface area contributed by atoms with Crippen LogP contribution in [0.4, 0.5) is 11.6 Å². The van der Waals surface area contributed by atoms with E-state index in [2.05, 4.69) is 53.7 Å². The predicted molar refractivity (Wildman–Crippen MR) is 194 cm³/mol. The zero-order valence-electron chi connectivity index (χ0n) is 28.9. The molecule has 3 aromatic heterocycles. The molecule has 2 bridgehead atoms. The van der Waals surface area contributed by atoms with Crippen LogP contribution in [0.5, 0.6) is 6.01 Å². The van der Waals surface area contributed by atoms with E-state index in [0.29, 0.717) is 37.1 Å². The van der Waals surface area contributed by atoms with Gasteiger partial charge in [0.1, 0.15) is 6.10 Å². The van der Waals surface area contributed by atoms with Gasteiger partial charge in [-0.2, -0.15) is 19.6 Å². The average Bonchev–Trinajstić information content (AvgIpc) is 3.58. The highest BCUT2D eigenvalue weighted by atomic mass is 16.5. The van der Waals surface area contributed by atoms with Gasteiger partial charge in [0.2, 0.25) is 11.9 Å². The van der Waals surface area contributed by atoms with Crippen LogP contribution in [0.3, 0.4) is 0 Å². The molecule has 49 heavy (non-hydrogen) atoms. The molecular weight excluding hydrogens is 614 g/mol. The van der Waals surface area contributed by atoms with Gasteiger partial charge in [0.25, 0.3) is 0 Å². The molecule has 0 saturated carbocycles. The molecule has 5 aromatic rings. The number of pyridine rings is 1. The smallest absolute Gasteiger partial charge is 0.322 e. The summed E-state index contributed by atoms with van der Waals surface area (Å²) in [6, 6.07) is 17.7. The van der Waals surface area contributed by atoms with E-state index >= 15 is 0 Å². The molecule has 11 nitrogen and oxygen atoms in total. The second-order valence-electron chi connectivity index (χ2n) is 13.8. The highest BCUT2D eigenvalue weighted by Gasteiger charge is 2.39. The second-order valence-corrected chi connectivity index (χ2v) is 13.8. The van der Waals surface area contributed by atoms with Crippen molar-refractivity contribution >= 4 is 34.0 Å². The predicted octanol–water partition coefficient (Wildman–Crippen LogP) is 6.14. The van der Waals surface area contributed by atoms with E-state index in [-0.39, 0.29) is 17.9 Å². The highest BCUT2D eigenvalue weighted by Crippen LogP contribution is 2.36. The molecule has 0 spiro atoms. The fourth-order valence-electron chi connectivity index (χ4n) is 7.16. The van der Waals surface area contributed by atoms with Crippen molar-refractivity contribution in [1.29, 1.82) is 0 Å². The van der Waals surface area contributed by atoms with Gasteiger partial charge in [-0.1, -0.05) is 50.3 Å². The number of nitrogens with one attached hydrogen (secondary N) is 2. The highest BCUT2D eigenvalue weighted by molar-refractivity contribution is 6.02. The van der Waals surface area contributed by atoms with Gasteiger partial charge in [0, 0.05) is 72.5 Å². The van der Waals surface area contributed by atoms with Crippen molar-refractivity contribution in [2.75, 3.05) is 38.3 Å². The number of amides is 1. The van der Waals surface area contributed by atoms with Crippen LogP contribution in [-0.4, -0.2) is 86.1 Å². The van der Waals surface area contributed by atoms with E-state index in [1.165, 1.54) is 12.8 Å². The summed E-state index contributed by atoms with van der Waals surface area (Å²) >= 11 is 0. The number of benzene rings is 2. The molecule has 0 radical (unpaired) electrons. The van der Waals surface area contributed by atoms with Gasteiger partial charge in [0.15, 0.2) is 5.65 Å². The summed E-state index contributed by atoms with van der Waals surface area (Å²) in [5.74, 6) is 0.678. The molecule has 2 aliphatic rings. The van der Waals surface area contributed by atoms with Crippen LogP contribution in [0.25, 0.3) is 27.7 Å². The van der Waals surface area contributed by atoms with Crippen molar-refractivity contribution in [2.45, 2.75) is 70.2 Å². The monoisotopic (exact) mass is 659 g/mol. The van der Waals surface area contributed by atoms with Crippen molar-refractivity contribution in [1.82, 2.24) is 34.4 Å². The van der Waals surface area contributed by atoms with Crippen molar-refractivity contribution < 1.29 is 9.53 Å². The number of carbonyl (C=O) groups excluding carboxylic acids is 1. The summed E-state index contributed by atoms with van der Waals surface area (Å²) < 4.78 is 8.30. The van der Waals surface area contributed by atoms with Crippen LogP contribution in [0.1, 0.15) is 56.6 Å². The first-order valence-corrected chi connectivity index (χ1v) is 17.2. The lowest BCUT2D eigenvalue weighted by molar-refractivity contribution is -0.111. The zero-order valence-corrected chi connectivity index (χ0v) is 28.9. The number of fused-ring (bicyclic) bond motifs is 4. The maximum absolute atomic E-state index is 12.5. The molecule has 254 valence electrons. The van der Waals surface area contributed by atoms with Crippen LogP contribution in [0.15, 0.2) is 73.1 Å². The Morgan fingerprint density at radius 3 is 2.65 bits per heavy atom. The number of aromatic nitrogens is 5. The molecule has 2 atom stereocenters. The maximum atomic E-state index is 12.5. The molecule has 2 aromatic carbocycles. The Kier molecular flexibility index (Phi) is 9.29. The first kappa shape index (κ1) is 32.7. The van der Waals surface area contributed by atoms with Crippen LogP contribution >= 0.6 is 0 Å². The van der Waals surface area contributed by atoms with E-state index in [0.717, 1.165) is 57.3 Å². The van der Waals surface area contributed by atoms with Crippen molar-refractivity contribution in [2.24, 2.45) is 0 Å². The third-order valence-electron chi connectivity index (χ3n) is 9.81. The fraction of sp³-hybridized carbons (Fsp3) is 0.395. The third-order valence-corrected chi connectivity index (χ3v) is 9.81. The Labute approximate surface area is 287 Å². The maximum Gasteiger partial charge on any atom is 0.322 e. The Morgan fingerprint density at radius 2 is 1.88 bits per heavy atom. The molecule has 2 aliphatic heterocycles. The Bertz CT molecular complexity index is 1990. The second kappa shape index (κ2) is 13.9. The first-order chi connectivity index (χ1) is 23.7. The number of nitrogens with zero attached hydrogens (tertiary/aromatic N) is 7. The topological polar surface area (TPSA) is 113 Å². The number of likely N-dealkylation sites (N-methyl/N-ethyl adjacent to an activating group) is 1. The summed E-state index contributed by atoms with van der Waals surface area (Å²) in [7, 11) is 6.17. The van der Waals surface area contributed by atoms with Crippen molar-refractivity contribution in [3.8, 4) is 17.3 Å². The van der Waals surface area contributed by atoms with Crippen LogP contribution in [-0.2, 0) is 11.3 Å². The average molecular weight is 660 g/mol. The minimum absolute atomic E-state index is 0.0981. The number of hydrogen-bond acceptors (Lipinski definition) is 9. The van der Waals surface area contributed by atoms with Gasteiger partial charge in [-0.25, -0.2) is 0 Å². The summed E-state index contributed by atoms with van der Waals surface area (Å²) in [4.78, 5) is 31.5. The molecule has 5 heterocycles. The van der Waals surface area contributed by atoms with Gasteiger partial charge >= 0.3 is 6.01 Å². The van der Waals surface area contributed by atoms with Gasteiger partial charge in [-0.15, -0.1) is 0 Å². The summed E-state index contributed by atoms with van der Waals surface area (Å²) in [5.41, 5.74) is 5.49. The Hall–Kier alpha value is -4.87. The van der Waals surface area contributed by atoms with Gasteiger partial charge < -0.3 is 25.2 Å². The van der Waals surface area contributed by atoms with Gasteiger partial charge in [-0.3, -0.25) is 9.78 Å². The number of ether oxygens (including phenoxy) is 1. The largest absolute Gasteiger partial charge is 0.460 e. The molecule has 2 saturated heterocycles.